The molecule has 3 rings (SSSR count). The maximum Gasteiger partial charge on any atom is 0.264 e. The third-order valence-electron chi connectivity index (χ3n) is 3.39. The second-order valence-electron chi connectivity index (χ2n) is 5.43. The van der Waals surface area contributed by atoms with Crippen molar-refractivity contribution in [2.75, 3.05) is 11.9 Å². The molecular formula is C15H16BrN3O2S. The van der Waals surface area contributed by atoms with Crippen LogP contribution in [0.1, 0.15) is 34.9 Å². The largest absolute Gasteiger partial charge is 0.483 e. The molecule has 0 atom stereocenters. The zero-order valence-corrected chi connectivity index (χ0v) is 14.8. The Balaban J connectivity index is 1.57. The molecule has 0 bridgehead atoms. The fourth-order valence-electron chi connectivity index (χ4n) is 2.20. The maximum atomic E-state index is 12.0. The summed E-state index contributed by atoms with van der Waals surface area (Å²) < 4.78 is 6.65. The second-order valence-corrected chi connectivity index (χ2v) is 7.35. The Labute approximate surface area is 141 Å². The number of nitrogens with one attached hydrogen (secondary N) is 1. The Morgan fingerprint density at radius 3 is 2.68 bits per heavy atom. The lowest BCUT2D eigenvalue weighted by Gasteiger charge is -2.12. The predicted octanol–water partition coefficient (Wildman–Crippen LogP) is 3.81. The third kappa shape index (κ3) is 3.64. The molecule has 7 heteroatoms. The smallest absolute Gasteiger partial charge is 0.264 e. The topological polar surface area (TPSA) is 64.1 Å². The molecular weight excluding hydrogens is 366 g/mol. The third-order valence-corrected chi connectivity index (χ3v) is 4.85. The van der Waals surface area contributed by atoms with Gasteiger partial charge >= 0.3 is 0 Å². The number of carbonyl (C=O) groups excluding carboxylic acids is 1. The van der Waals surface area contributed by atoms with Gasteiger partial charge < -0.3 is 4.74 Å². The highest BCUT2D eigenvalue weighted by Gasteiger charge is 2.27. The van der Waals surface area contributed by atoms with E-state index in [1.54, 1.807) is 0 Å². The van der Waals surface area contributed by atoms with Gasteiger partial charge in [0, 0.05) is 10.4 Å². The number of ether oxygens (including phenoxy) is 1. The summed E-state index contributed by atoms with van der Waals surface area (Å²) >= 11 is 4.89. The molecule has 0 aliphatic heterocycles. The van der Waals surface area contributed by atoms with E-state index in [0.717, 1.165) is 26.4 Å². The van der Waals surface area contributed by atoms with Crippen molar-refractivity contribution < 1.29 is 9.53 Å². The van der Waals surface area contributed by atoms with Crippen LogP contribution in [0.25, 0.3) is 0 Å². The Morgan fingerprint density at radius 2 is 2.05 bits per heavy atom. The molecule has 1 aromatic carbocycles. The molecule has 1 aliphatic carbocycles. The van der Waals surface area contributed by atoms with Gasteiger partial charge in [0.15, 0.2) is 6.61 Å². The van der Waals surface area contributed by atoms with Gasteiger partial charge in [-0.25, -0.2) is 0 Å². The van der Waals surface area contributed by atoms with Crippen LogP contribution in [0.3, 0.4) is 0 Å². The van der Waals surface area contributed by atoms with Gasteiger partial charge in [0.25, 0.3) is 5.91 Å². The van der Waals surface area contributed by atoms with Crippen molar-refractivity contribution in [2.45, 2.75) is 32.6 Å². The van der Waals surface area contributed by atoms with Crippen LogP contribution >= 0.6 is 27.3 Å². The van der Waals surface area contributed by atoms with Crippen LogP contribution in [0.5, 0.6) is 5.75 Å². The number of benzene rings is 1. The number of aromatic nitrogens is 2. The van der Waals surface area contributed by atoms with Gasteiger partial charge in [-0.15, -0.1) is 10.2 Å². The molecule has 0 unspecified atom stereocenters. The first kappa shape index (κ1) is 15.4. The summed E-state index contributed by atoms with van der Waals surface area (Å²) in [5, 5.41) is 12.4. The zero-order chi connectivity index (χ0) is 15.7. The number of hydrogen-bond donors (Lipinski definition) is 1. The molecule has 5 nitrogen and oxygen atoms in total. The first-order chi connectivity index (χ1) is 10.5. The first-order valence-electron chi connectivity index (χ1n) is 7.05. The molecule has 1 amide bonds. The van der Waals surface area contributed by atoms with E-state index in [4.69, 9.17) is 4.74 Å². The van der Waals surface area contributed by atoms with E-state index in [-0.39, 0.29) is 12.5 Å². The monoisotopic (exact) mass is 381 g/mol. The Hall–Kier alpha value is -1.47. The summed E-state index contributed by atoms with van der Waals surface area (Å²) in [5.41, 5.74) is 1.98. The van der Waals surface area contributed by atoms with Gasteiger partial charge in [-0.3, -0.25) is 10.1 Å². The van der Waals surface area contributed by atoms with E-state index in [9.17, 15) is 4.79 Å². The highest BCUT2D eigenvalue weighted by molar-refractivity contribution is 9.10. The van der Waals surface area contributed by atoms with E-state index in [2.05, 4.69) is 31.4 Å². The summed E-state index contributed by atoms with van der Waals surface area (Å²) in [4.78, 5) is 12.0. The van der Waals surface area contributed by atoms with Crippen molar-refractivity contribution in [3.05, 3.63) is 32.7 Å². The molecule has 1 aromatic heterocycles. The predicted molar refractivity (Wildman–Crippen MR) is 89.6 cm³/mol. The van der Waals surface area contributed by atoms with Crippen LogP contribution in [-0.2, 0) is 4.79 Å². The summed E-state index contributed by atoms with van der Waals surface area (Å²) in [6.45, 7) is 3.87. The standard InChI is InChI=1S/C15H16BrN3O2S/c1-8-5-11(16)6-9(2)13(8)21-7-12(20)17-15-19-18-14(22-15)10-3-4-10/h5-6,10H,3-4,7H2,1-2H3,(H,17,19,20). The Kier molecular flexibility index (Phi) is 4.44. The highest BCUT2D eigenvalue weighted by Crippen LogP contribution is 2.42. The van der Waals surface area contributed by atoms with Gasteiger partial charge in [0.05, 0.1) is 0 Å². The molecule has 1 aliphatic rings. The fraction of sp³-hybridized carbons (Fsp3) is 0.400. The highest BCUT2D eigenvalue weighted by atomic mass is 79.9. The maximum absolute atomic E-state index is 12.0. The van der Waals surface area contributed by atoms with Crippen LogP contribution in [0.4, 0.5) is 5.13 Å². The SMILES string of the molecule is Cc1cc(Br)cc(C)c1OCC(=O)Nc1nnc(C2CC2)s1. The van der Waals surface area contributed by atoms with Gasteiger partial charge in [-0.1, -0.05) is 27.3 Å². The average molecular weight is 382 g/mol. The lowest BCUT2D eigenvalue weighted by Crippen LogP contribution is -2.20. The minimum Gasteiger partial charge on any atom is -0.483 e. The fourth-order valence-corrected chi connectivity index (χ4v) is 3.81. The molecule has 116 valence electrons. The van der Waals surface area contributed by atoms with Gasteiger partial charge in [0.1, 0.15) is 10.8 Å². The van der Waals surface area contributed by atoms with Crippen LogP contribution in [0, 0.1) is 13.8 Å². The normalized spacial score (nSPS) is 14.0. The van der Waals surface area contributed by atoms with Crippen molar-refractivity contribution in [1.82, 2.24) is 10.2 Å². The summed E-state index contributed by atoms with van der Waals surface area (Å²) in [5.74, 6) is 1.07. The number of halogens is 1. The minimum atomic E-state index is -0.222. The number of hydrogen-bond acceptors (Lipinski definition) is 5. The van der Waals surface area contributed by atoms with E-state index >= 15 is 0 Å². The van der Waals surface area contributed by atoms with E-state index in [1.807, 2.05) is 26.0 Å². The molecule has 22 heavy (non-hydrogen) atoms. The number of rotatable bonds is 5. The number of carbonyl (C=O) groups is 1. The van der Waals surface area contributed by atoms with Crippen LogP contribution in [0.15, 0.2) is 16.6 Å². The molecule has 0 saturated heterocycles. The van der Waals surface area contributed by atoms with Gasteiger partial charge in [0.2, 0.25) is 5.13 Å². The first-order valence-corrected chi connectivity index (χ1v) is 8.66. The quantitative estimate of drug-likeness (QED) is 0.854. The summed E-state index contributed by atoms with van der Waals surface area (Å²) in [6, 6.07) is 3.93. The molecule has 0 radical (unpaired) electrons. The number of aryl methyl sites for hydroxylation is 2. The zero-order valence-electron chi connectivity index (χ0n) is 12.4. The van der Waals surface area contributed by atoms with Crippen molar-refractivity contribution in [3.8, 4) is 5.75 Å². The Bertz CT molecular complexity index is 690. The summed E-state index contributed by atoms with van der Waals surface area (Å²) in [6.07, 6.45) is 2.35. The van der Waals surface area contributed by atoms with Gasteiger partial charge in [-0.05, 0) is 49.9 Å². The Morgan fingerprint density at radius 1 is 1.36 bits per heavy atom. The van der Waals surface area contributed by atoms with Crippen molar-refractivity contribution >= 4 is 38.3 Å². The van der Waals surface area contributed by atoms with Crippen LogP contribution in [-0.4, -0.2) is 22.7 Å². The number of anilines is 1. The minimum absolute atomic E-state index is 0.0400. The van der Waals surface area contributed by atoms with E-state index in [1.165, 1.54) is 24.2 Å². The molecule has 1 fully saturated rings. The lowest BCUT2D eigenvalue weighted by molar-refractivity contribution is -0.118. The van der Waals surface area contributed by atoms with Crippen molar-refractivity contribution in [3.63, 3.8) is 0 Å². The molecule has 1 N–H and O–H groups in total. The molecule has 1 heterocycles. The molecule has 1 saturated carbocycles. The molecule has 0 spiro atoms. The van der Waals surface area contributed by atoms with Gasteiger partial charge in [-0.2, -0.15) is 0 Å². The van der Waals surface area contributed by atoms with Crippen LogP contribution < -0.4 is 10.1 Å². The average Bonchev–Trinajstić information content (AvgIpc) is 3.18. The van der Waals surface area contributed by atoms with E-state index in [0.29, 0.717) is 11.0 Å². The molecule has 2 aromatic rings. The number of amides is 1. The number of nitrogens with zero attached hydrogens (tertiary/aromatic N) is 2. The van der Waals surface area contributed by atoms with Crippen molar-refractivity contribution in [2.24, 2.45) is 0 Å². The van der Waals surface area contributed by atoms with Crippen LogP contribution in [0.2, 0.25) is 0 Å². The second kappa shape index (κ2) is 6.34. The lowest BCUT2D eigenvalue weighted by atomic mass is 10.1. The van der Waals surface area contributed by atoms with Crippen molar-refractivity contribution in [1.29, 1.82) is 0 Å². The summed E-state index contributed by atoms with van der Waals surface area (Å²) in [7, 11) is 0. The van der Waals surface area contributed by atoms with E-state index < -0.39 is 0 Å².